The lowest BCUT2D eigenvalue weighted by molar-refractivity contribution is -0.137. The highest BCUT2D eigenvalue weighted by Crippen LogP contribution is 2.31. The smallest absolute Gasteiger partial charge is 0.303 e. The lowest BCUT2D eigenvalue weighted by atomic mass is 10.1. The lowest BCUT2D eigenvalue weighted by Gasteiger charge is -2.01. The summed E-state index contributed by atoms with van der Waals surface area (Å²) in [5, 5.41) is 11.7. The third-order valence-corrected chi connectivity index (χ3v) is 5.11. The van der Waals surface area contributed by atoms with Crippen molar-refractivity contribution in [1.82, 2.24) is 9.97 Å². The number of nitrogens with zero attached hydrogens (tertiary/aromatic N) is 1. The van der Waals surface area contributed by atoms with Crippen LogP contribution in [0.3, 0.4) is 0 Å². The van der Waals surface area contributed by atoms with Crippen molar-refractivity contribution in [3.05, 3.63) is 46.1 Å². The molecule has 118 valence electrons. The van der Waals surface area contributed by atoms with Crippen LogP contribution >= 0.6 is 23.1 Å². The number of carboxylic acids is 1. The number of aromatic nitrogens is 2. The van der Waals surface area contributed by atoms with Crippen LogP contribution in [0.25, 0.3) is 21.3 Å². The van der Waals surface area contributed by atoms with Gasteiger partial charge in [-0.1, -0.05) is 42.1 Å². The van der Waals surface area contributed by atoms with Crippen molar-refractivity contribution in [2.24, 2.45) is 0 Å². The van der Waals surface area contributed by atoms with Gasteiger partial charge in [0.1, 0.15) is 4.83 Å². The topological polar surface area (TPSA) is 83.0 Å². The van der Waals surface area contributed by atoms with Crippen LogP contribution in [0, 0.1) is 0 Å². The van der Waals surface area contributed by atoms with Crippen LogP contribution in [-0.2, 0) is 4.79 Å². The van der Waals surface area contributed by atoms with Gasteiger partial charge in [0.05, 0.1) is 5.39 Å². The maximum absolute atomic E-state index is 12.4. The van der Waals surface area contributed by atoms with Crippen molar-refractivity contribution in [3.8, 4) is 11.1 Å². The van der Waals surface area contributed by atoms with Gasteiger partial charge in [-0.2, -0.15) is 0 Å². The number of rotatable bonds is 6. The molecule has 5 nitrogen and oxygen atoms in total. The van der Waals surface area contributed by atoms with Crippen molar-refractivity contribution >= 4 is 39.3 Å². The molecule has 0 spiro atoms. The molecule has 0 aliphatic carbocycles. The lowest BCUT2D eigenvalue weighted by Crippen LogP contribution is -2.08. The van der Waals surface area contributed by atoms with E-state index in [1.807, 2.05) is 35.7 Å². The predicted octanol–water partition coefficient (Wildman–Crippen LogP) is 3.61. The molecule has 0 radical (unpaired) electrons. The molecule has 0 fully saturated rings. The molecule has 0 unspecified atom stereocenters. The zero-order chi connectivity index (χ0) is 16.2. The van der Waals surface area contributed by atoms with Gasteiger partial charge >= 0.3 is 5.97 Å². The Morgan fingerprint density at radius 3 is 2.83 bits per heavy atom. The summed E-state index contributed by atoms with van der Waals surface area (Å²) >= 11 is 2.82. The number of thioether (sulfide) groups is 1. The molecule has 0 saturated carbocycles. The molecule has 2 N–H and O–H groups in total. The van der Waals surface area contributed by atoms with Crippen molar-refractivity contribution in [3.63, 3.8) is 0 Å². The first-order chi connectivity index (χ1) is 11.1. The molecule has 0 saturated heterocycles. The molecule has 23 heavy (non-hydrogen) atoms. The predicted molar refractivity (Wildman–Crippen MR) is 93.3 cm³/mol. The molecule has 1 aromatic carbocycles. The summed E-state index contributed by atoms with van der Waals surface area (Å²) in [7, 11) is 0. The van der Waals surface area contributed by atoms with E-state index in [4.69, 9.17) is 5.11 Å². The van der Waals surface area contributed by atoms with Crippen LogP contribution in [-0.4, -0.2) is 26.8 Å². The Morgan fingerprint density at radius 2 is 2.09 bits per heavy atom. The highest BCUT2D eigenvalue weighted by atomic mass is 32.2. The van der Waals surface area contributed by atoms with E-state index in [1.54, 1.807) is 0 Å². The molecule has 7 heteroatoms. The SMILES string of the molecule is O=C(O)CCCSc1nc2scc(-c3ccccc3)c2c(=O)[nH]1. The number of H-pyrrole nitrogens is 1. The fourth-order valence-corrected chi connectivity index (χ4v) is 4.03. The van der Waals surface area contributed by atoms with E-state index >= 15 is 0 Å². The summed E-state index contributed by atoms with van der Waals surface area (Å²) in [5.74, 6) is -0.203. The number of aromatic amines is 1. The molecule has 2 heterocycles. The quantitative estimate of drug-likeness (QED) is 0.405. The molecule has 0 aliphatic rings. The third-order valence-electron chi connectivity index (χ3n) is 3.28. The van der Waals surface area contributed by atoms with Gasteiger partial charge in [-0.3, -0.25) is 9.59 Å². The molecular weight excluding hydrogens is 332 g/mol. The molecule has 0 bridgehead atoms. The van der Waals surface area contributed by atoms with Gasteiger partial charge in [-0.25, -0.2) is 4.98 Å². The van der Waals surface area contributed by atoms with Crippen molar-refractivity contribution in [2.75, 3.05) is 5.75 Å². The number of nitrogens with one attached hydrogen (secondary N) is 1. The van der Waals surface area contributed by atoms with Crippen LogP contribution in [0.1, 0.15) is 12.8 Å². The fraction of sp³-hybridized carbons (Fsp3) is 0.188. The van der Waals surface area contributed by atoms with Crippen LogP contribution in [0.5, 0.6) is 0 Å². The van der Waals surface area contributed by atoms with Gasteiger partial charge < -0.3 is 10.1 Å². The fourth-order valence-electron chi connectivity index (χ4n) is 2.22. The third kappa shape index (κ3) is 3.62. The van der Waals surface area contributed by atoms with Crippen LogP contribution in [0.15, 0.2) is 45.7 Å². The van der Waals surface area contributed by atoms with Gasteiger partial charge in [-0.15, -0.1) is 11.3 Å². The Labute approximate surface area is 140 Å². The molecule has 3 rings (SSSR count). The number of benzene rings is 1. The van der Waals surface area contributed by atoms with E-state index in [0.717, 1.165) is 11.1 Å². The monoisotopic (exact) mass is 346 g/mol. The highest BCUT2D eigenvalue weighted by Gasteiger charge is 2.13. The zero-order valence-electron chi connectivity index (χ0n) is 12.1. The molecule has 2 aromatic heterocycles. The van der Waals surface area contributed by atoms with E-state index in [0.29, 0.717) is 27.5 Å². The average molecular weight is 346 g/mol. The summed E-state index contributed by atoms with van der Waals surface area (Å²) in [6.07, 6.45) is 0.665. The number of carbonyl (C=O) groups is 1. The Bertz CT molecular complexity index is 887. The minimum atomic E-state index is -0.812. The van der Waals surface area contributed by atoms with Gasteiger partial charge in [-0.05, 0) is 12.0 Å². The van der Waals surface area contributed by atoms with Crippen molar-refractivity contribution in [1.29, 1.82) is 0 Å². The first kappa shape index (κ1) is 15.8. The molecule has 3 aromatic rings. The highest BCUT2D eigenvalue weighted by molar-refractivity contribution is 7.99. The van der Waals surface area contributed by atoms with Gasteiger partial charge in [0.2, 0.25) is 0 Å². The number of hydrogen-bond donors (Lipinski definition) is 2. The Hall–Kier alpha value is -2.12. The summed E-state index contributed by atoms with van der Waals surface area (Å²) < 4.78 is 0. The Morgan fingerprint density at radius 1 is 1.30 bits per heavy atom. The first-order valence-electron chi connectivity index (χ1n) is 7.06. The number of hydrogen-bond acceptors (Lipinski definition) is 5. The molecule has 0 aliphatic heterocycles. The standard InChI is InChI=1S/C16H14N2O3S2/c19-12(20)7-4-8-22-16-17-14(21)13-11(9-23-15(13)18-16)10-5-2-1-3-6-10/h1-3,5-6,9H,4,7-8H2,(H,19,20)(H,17,18,21). The first-order valence-corrected chi connectivity index (χ1v) is 8.93. The summed E-state index contributed by atoms with van der Waals surface area (Å²) in [5.41, 5.74) is 1.73. The van der Waals surface area contributed by atoms with Crippen LogP contribution < -0.4 is 5.56 Å². The maximum Gasteiger partial charge on any atom is 0.303 e. The second-order valence-electron chi connectivity index (χ2n) is 4.91. The van der Waals surface area contributed by atoms with E-state index in [2.05, 4.69) is 9.97 Å². The maximum atomic E-state index is 12.4. The summed E-state index contributed by atoms with van der Waals surface area (Å²) in [6.45, 7) is 0. The van der Waals surface area contributed by atoms with Crippen molar-refractivity contribution < 1.29 is 9.90 Å². The van der Waals surface area contributed by atoms with Crippen molar-refractivity contribution in [2.45, 2.75) is 18.0 Å². The zero-order valence-corrected chi connectivity index (χ0v) is 13.7. The second kappa shape index (κ2) is 6.97. The minimum Gasteiger partial charge on any atom is -0.481 e. The largest absolute Gasteiger partial charge is 0.481 e. The van der Waals surface area contributed by atoms with E-state index in [-0.39, 0.29) is 12.0 Å². The number of thiophene rings is 1. The van der Waals surface area contributed by atoms with Gasteiger partial charge in [0, 0.05) is 23.1 Å². The minimum absolute atomic E-state index is 0.122. The Kier molecular flexibility index (Phi) is 4.78. The molecule has 0 amide bonds. The van der Waals surface area contributed by atoms with Crippen LogP contribution in [0.4, 0.5) is 0 Å². The number of fused-ring (bicyclic) bond motifs is 1. The second-order valence-corrected chi connectivity index (χ2v) is 6.85. The average Bonchev–Trinajstić information content (AvgIpc) is 2.97. The van der Waals surface area contributed by atoms with Gasteiger partial charge in [0.15, 0.2) is 5.16 Å². The van der Waals surface area contributed by atoms with Gasteiger partial charge in [0.25, 0.3) is 5.56 Å². The normalized spacial score (nSPS) is 11.0. The van der Waals surface area contributed by atoms with E-state index in [9.17, 15) is 9.59 Å². The number of carboxylic acid groups (broad SMARTS) is 1. The molecular formula is C16H14N2O3S2. The molecule has 0 atom stereocenters. The Balaban J connectivity index is 1.86. The van der Waals surface area contributed by atoms with E-state index in [1.165, 1.54) is 23.1 Å². The summed E-state index contributed by atoms with van der Waals surface area (Å²) in [6, 6.07) is 9.75. The van der Waals surface area contributed by atoms with E-state index < -0.39 is 5.97 Å². The number of aliphatic carboxylic acids is 1. The van der Waals surface area contributed by atoms with Crippen LogP contribution in [0.2, 0.25) is 0 Å². The summed E-state index contributed by atoms with van der Waals surface area (Å²) in [4.78, 5) is 30.9.